The van der Waals surface area contributed by atoms with Crippen LogP contribution in [0.25, 0.3) is 11.1 Å². The first-order chi connectivity index (χ1) is 18.9. The molecule has 0 aliphatic carbocycles. The largest absolute Gasteiger partial charge is 0.412 e. The third-order valence-corrected chi connectivity index (χ3v) is 7.80. The van der Waals surface area contributed by atoms with Crippen LogP contribution in [0.4, 0.5) is 34.1 Å². The molecule has 0 unspecified atom stereocenters. The number of nitrogens with zero attached hydrogens (tertiary/aromatic N) is 4. The van der Waals surface area contributed by atoms with E-state index in [4.69, 9.17) is 0 Å². The van der Waals surface area contributed by atoms with E-state index in [0.717, 1.165) is 0 Å². The third kappa shape index (κ3) is 3.13. The van der Waals surface area contributed by atoms with Crippen LogP contribution in [0.2, 0.25) is 0 Å². The Bertz CT molecular complexity index is 1570. The quantitative estimate of drug-likeness (QED) is 0.278. The summed E-state index contributed by atoms with van der Waals surface area (Å²) in [4.78, 5) is 9.53. The Labute approximate surface area is 224 Å². The fourth-order valence-corrected chi connectivity index (χ4v) is 6.15. The minimum atomic E-state index is 0.136. The summed E-state index contributed by atoms with van der Waals surface area (Å²) in [5.74, 6) is 4.52. The van der Waals surface area contributed by atoms with E-state index in [-0.39, 0.29) is 14.0 Å². The number of fused-ring (bicyclic) bond motifs is 6. The summed E-state index contributed by atoms with van der Waals surface area (Å²) in [6.45, 7) is 0.273. The van der Waals surface area contributed by atoms with Crippen molar-refractivity contribution in [3.8, 4) is 11.1 Å². The zero-order chi connectivity index (χ0) is 25.1. The number of hydrogen-bond donors (Lipinski definition) is 0. The van der Waals surface area contributed by atoms with Crippen molar-refractivity contribution >= 4 is 48.1 Å². The monoisotopic (exact) mass is 486 g/mol. The highest BCUT2D eigenvalue weighted by Gasteiger charge is 2.40. The highest BCUT2D eigenvalue weighted by atomic mass is 15.3. The smallest absolute Gasteiger partial charge is 0.367 e. The molecule has 4 aliphatic rings. The van der Waals surface area contributed by atoms with E-state index in [2.05, 4.69) is 165 Å². The maximum absolute atomic E-state index is 2.43. The van der Waals surface area contributed by atoms with Gasteiger partial charge in [0.25, 0.3) is 0 Å². The van der Waals surface area contributed by atoms with Crippen LogP contribution in [0.5, 0.6) is 0 Å². The second kappa shape index (κ2) is 8.35. The van der Waals surface area contributed by atoms with Crippen molar-refractivity contribution in [2.24, 2.45) is 0 Å². The molecule has 0 amide bonds. The summed E-state index contributed by atoms with van der Waals surface area (Å²) in [5, 5.41) is 0. The van der Waals surface area contributed by atoms with E-state index in [1.807, 2.05) is 0 Å². The van der Waals surface area contributed by atoms with Crippen LogP contribution in [-0.4, -0.2) is 14.0 Å². The fraction of sp³-hybridized carbons (Fsp3) is 0. The summed E-state index contributed by atoms with van der Waals surface area (Å²) in [6.07, 6.45) is 12.8. The molecular weight excluding hydrogens is 462 g/mol. The Morgan fingerprint density at radius 3 is 1.34 bits per heavy atom. The Morgan fingerprint density at radius 1 is 0.421 bits per heavy atom. The number of anilines is 6. The SMILES string of the molecule is C1=CB2N(C=C1)c1ccccc1N2c1cccc(-c2cccc(N3B4C=CC=CN4c4ccccc43)c2)c1. The molecule has 0 saturated carbocycles. The number of benzene rings is 4. The maximum Gasteiger partial charge on any atom is 0.412 e. The molecule has 0 aromatic heterocycles. The molecule has 0 spiro atoms. The molecule has 0 bridgehead atoms. The van der Waals surface area contributed by atoms with Gasteiger partial charge in [0.05, 0.1) is 22.7 Å². The van der Waals surface area contributed by atoms with Gasteiger partial charge in [0.1, 0.15) is 0 Å². The topological polar surface area (TPSA) is 13.0 Å². The van der Waals surface area contributed by atoms with Crippen molar-refractivity contribution in [1.29, 1.82) is 0 Å². The van der Waals surface area contributed by atoms with Crippen molar-refractivity contribution in [2.45, 2.75) is 0 Å². The highest BCUT2D eigenvalue weighted by Crippen LogP contribution is 2.46. The van der Waals surface area contributed by atoms with Gasteiger partial charge in [-0.1, -0.05) is 72.6 Å². The molecule has 6 heteroatoms. The lowest BCUT2D eigenvalue weighted by Crippen LogP contribution is -2.42. The van der Waals surface area contributed by atoms with Crippen molar-refractivity contribution in [1.82, 2.24) is 0 Å². The van der Waals surface area contributed by atoms with E-state index < -0.39 is 0 Å². The summed E-state index contributed by atoms with van der Waals surface area (Å²) in [5.41, 5.74) is 9.71. The van der Waals surface area contributed by atoms with E-state index in [1.165, 1.54) is 45.3 Å². The van der Waals surface area contributed by atoms with Gasteiger partial charge in [-0.3, -0.25) is 0 Å². The van der Waals surface area contributed by atoms with E-state index >= 15 is 0 Å². The molecule has 0 N–H and O–H groups in total. The summed E-state index contributed by atoms with van der Waals surface area (Å²) >= 11 is 0. The summed E-state index contributed by atoms with van der Waals surface area (Å²) in [7, 11) is 0. The Kier molecular flexibility index (Phi) is 4.68. The predicted molar refractivity (Wildman–Crippen MR) is 162 cm³/mol. The van der Waals surface area contributed by atoms with Gasteiger partial charge in [-0.05, 0) is 84.2 Å². The van der Waals surface area contributed by atoms with Gasteiger partial charge < -0.3 is 19.2 Å². The van der Waals surface area contributed by atoms with E-state index in [9.17, 15) is 0 Å². The van der Waals surface area contributed by atoms with Gasteiger partial charge >= 0.3 is 14.0 Å². The number of rotatable bonds is 3. The van der Waals surface area contributed by atoms with Crippen molar-refractivity contribution in [3.05, 3.63) is 146 Å². The average Bonchev–Trinajstić information content (AvgIpc) is 3.51. The van der Waals surface area contributed by atoms with Gasteiger partial charge in [0.2, 0.25) is 0 Å². The van der Waals surface area contributed by atoms with Crippen LogP contribution in [-0.2, 0) is 0 Å². The minimum Gasteiger partial charge on any atom is -0.367 e. The lowest BCUT2D eigenvalue weighted by Gasteiger charge is -2.28. The van der Waals surface area contributed by atoms with Crippen LogP contribution in [0.1, 0.15) is 0 Å². The fourth-order valence-electron chi connectivity index (χ4n) is 6.15. The average molecular weight is 486 g/mol. The minimum absolute atomic E-state index is 0.136. The maximum atomic E-state index is 2.43. The second-order valence-electron chi connectivity index (χ2n) is 9.91. The Morgan fingerprint density at radius 2 is 0.868 bits per heavy atom. The normalized spacial score (nSPS) is 16.2. The Balaban J connectivity index is 1.19. The van der Waals surface area contributed by atoms with Gasteiger partial charge in [-0.15, -0.1) is 0 Å². The van der Waals surface area contributed by atoms with E-state index in [1.54, 1.807) is 0 Å². The van der Waals surface area contributed by atoms with Gasteiger partial charge in [0.15, 0.2) is 0 Å². The second-order valence-corrected chi connectivity index (χ2v) is 9.91. The Hall–Kier alpha value is -4.83. The number of hydrogen-bond acceptors (Lipinski definition) is 4. The molecule has 4 heterocycles. The van der Waals surface area contributed by atoms with Gasteiger partial charge in [-0.25, -0.2) is 0 Å². The van der Waals surface area contributed by atoms with Gasteiger partial charge in [0, 0.05) is 11.4 Å². The first-order valence-corrected chi connectivity index (χ1v) is 13.1. The molecule has 0 radical (unpaired) electrons. The summed E-state index contributed by atoms with van der Waals surface area (Å²) in [6, 6.07) is 35.1. The third-order valence-electron chi connectivity index (χ3n) is 7.80. The van der Waals surface area contributed by atoms with Crippen LogP contribution < -0.4 is 19.2 Å². The van der Waals surface area contributed by atoms with E-state index in [0.29, 0.717) is 0 Å². The standard InChI is InChI=1S/C32H24B2N4/c1-3-17-31-29(15-1)35-21-7-5-19-33(35)37(31)27-13-9-11-25(23-27)26-12-10-14-28(24-26)38-32-18-4-2-16-30(32)36-22-8-6-20-34(36)38/h1-24H. The molecule has 4 aromatic rings. The molecule has 8 rings (SSSR count). The van der Waals surface area contributed by atoms with Crippen LogP contribution in [0.15, 0.2) is 146 Å². The van der Waals surface area contributed by atoms with Crippen molar-refractivity contribution in [3.63, 3.8) is 0 Å². The molecule has 0 fully saturated rings. The molecule has 38 heavy (non-hydrogen) atoms. The molecular formula is C32H24B2N4. The predicted octanol–water partition coefficient (Wildman–Crippen LogP) is 7.49. The number of para-hydroxylation sites is 4. The first kappa shape index (κ1) is 21.3. The lowest BCUT2D eigenvalue weighted by atomic mass is 9.71. The number of allylic oxidation sites excluding steroid dienone is 4. The highest BCUT2D eigenvalue weighted by molar-refractivity contribution is 6.77. The molecule has 4 aromatic carbocycles. The molecule has 0 atom stereocenters. The van der Waals surface area contributed by atoms with Crippen molar-refractivity contribution < 1.29 is 0 Å². The summed E-state index contributed by atoms with van der Waals surface area (Å²) < 4.78 is 0. The van der Waals surface area contributed by atoms with Crippen LogP contribution in [0, 0.1) is 0 Å². The first-order valence-electron chi connectivity index (χ1n) is 13.1. The van der Waals surface area contributed by atoms with Gasteiger partial charge in [-0.2, -0.15) is 0 Å². The van der Waals surface area contributed by atoms with Crippen LogP contribution >= 0.6 is 0 Å². The van der Waals surface area contributed by atoms with Crippen LogP contribution in [0.3, 0.4) is 0 Å². The molecule has 178 valence electrons. The lowest BCUT2D eigenvalue weighted by molar-refractivity contribution is 1.38. The molecule has 0 saturated heterocycles. The zero-order valence-electron chi connectivity index (χ0n) is 20.8. The molecule has 4 aliphatic heterocycles. The zero-order valence-corrected chi connectivity index (χ0v) is 20.8. The molecule has 4 nitrogen and oxygen atoms in total. The van der Waals surface area contributed by atoms with Crippen molar-refractivity contribution in [2.75, 3.05) is 19.2 Å².